The van der Waals surface area contributed by atoms with Gasteiger partial charge in [-0.3, -0.25) is 0 Å². The number of phenolic OH excluding ortho intramolecular Hbond substituents is 2. The molecule has 0 saturated heterocycles. The fraction of sp³-hybridized carbons (Fsp3) is 0.188. The first-order chi connectivity index (χ1) is 10.5. The van der Waals surface area contributed by atoms with Gasteiger partial charge in [0.2, 0.25) is 0 Å². The van der Waals surface area contributed by atoms with Crippen molar-refractivity contribution in [2.45, 2.75) is 6.92 Å². The Morgan fingerprint density at radius 3 is 2.59 bits per heavy atom. The number of esters is 1. The molecule has 0 atom stereocenters. The largest absolute Gasteiger partial charge is 0.508 e. The molecule has 0 fully saturated rings. The summed E-state index contributed by atoms with van der Waals surface area (Å²) < 4.78 is 10.4. The van der Waals surface area contributed by atoms with E-state index in [1.54, 1.807) is 24.3 Å². The highest BCUT2D eigenvalue weighted by molar-refractivity contribution is 6.32. The number of phenols is 2. The van der Waals surface area contributed by atoms with Gasteiger partial charge in [0.1, 0.15) is 36.0 Å². The number of ether oxygens (including phenoxy) is 2. The molecule has 0 aliphatic rings. The van der Waals surface area contributed by atoms with Crippen LogP contribution in [0, 0.1) is 6.92 Å². The van der Waals surface area contributed by atoms with Gasteiger partial charge in [-0.1, -0.05) is 23.7 Å². The van der Waals surface area contributed by atoms with Gasteiger partial charge in [-0.25, -0.2) is 4.79 Å². The molecule has 0 aromatic heterocycles. The lowest BCUT2D eigenvalue weighted by atomic mass is 10.1. The topological polar surface area (TPSA) is 76.0 Å². The molecule has 0 aliphatic heterocycles. The van der Waals surface area contributed by atoms with Crippen molar-refractivity contribution in [1.82, 2.24) is 0 Å². The number of carbonyl (C=O) groups excluding carboxylic acids is 1. The lowest BCUT2D eigenvalue weighted by molar-refractivity contribution is 0.0447. The Morgan fingerprint density at radius 2 is 1.86 bits per heavy atom. The number of carbonyl (C=O) groups is 1. The lowest BCUT2D eigenvalue weighted by Crippen LogP contribution is -2.12. The molecule has 0 bridgehead atoms. The minimum Gasteiger partial charge on any atom is -0.508 e. The zero-order valence-electron chi connectivity index (χ0n) is 11.9. The van der Waals surface area contributed by atoms with Crippen molar-refractivity contribution in [1.29, 1.82) is 0 Å². The highest BCUT2D eigenvalue weighted by Gasteiger charge is 2.16. The summed E-state index contributed by atoms with van der Waals surface area (Å²) in [5.41, 5.74) is 0.217. The molecule has 0 saturated carbocycles. The summed E-state index contributed by atoms with van der Waals surface area (Å²) in [6, 6.07) is 9.59. The zero-order valence-corrected chi connectivity index (χ0v) is 12.6. The molecule has 0 heterocycles. The van der Waals surface area contributed by atoms with Gasteiger partial charge < -0.3 is 19.7 Å². The molecule has 116 valence electrons. The van der Waals surface area contributed by atoms with Gasteiger partial charge in [-0.05, 0) is 31.2 Å². The molecule has 0 radical (unpaired) electrons. The third-order valence-electron chi connectivity index (χ3n) is 3.03. The predicted molar refractivity (Wildman–Crippen MR) is 81.7 cm³/mol. The molecular weight excluding hydrogens is 308 g/mol. The normalized spacial score (nSPS) is 10.3. The maximum atomic E-state index is 11.9. The van der Waals surface area contributed by atoms with E-state index in [2.05, 4.69) is 0 Å². The molecule has 2 aromatic carbocycles. The number of para-hydroxylation sites is 1. The van der Waals surface area contributed by atoms with Gasteiger partial charge in [-0.15, -0.1) is 0 Å². The highest BCUT2D eigenvalue weighted by atomic mass is 35.5. The van der Waals surface area contributed by atoms with Crippen LogP contribution in [-0.2, 0) is 4.74 Å². The van der Waals surface area contributed by atoms with E-state index in [9.17, 15) is 15.0 Å². The summed E-state index contributed by atoms with van der Waals surface area (Å²) in [6.45, 7) is 1.64. The third-order valence-corrected chi connectivity index (χ3v) is 3.35. The van der Waals surface area contributed by atoms with Gasteiger partial charge in [0.15, 0.2) is 0 Å². The van der Waals surface area contributed by atoms with E-state index in [1.165, 1.54) is 19.1 Å². The van der Waals surface area contributed by atoms with Crippen LogP contribution >= 0.6 is 11.6 Å². The SMILES string of the molecule is Cc1c(O)ccc(C(=O)OCCOc2ccccc2Cl)c1O. The second-order valence-corrected chi connectivity index (χ2v) is 4.93. The van der Waals surface area contributed by atoms with Crippen molar-refractivity contribution in [2.75, 3.05) is 13.2 Å². The van der Waals surface area contributed by atoms with Crippen molar-refractivity contribution in [3.8, 4) is 17.2 Å². The molecule has 2 aromatic rings. The van der Waals surface area contributed by atoms with Gasteiger partial charge in [0, 0.05) is 5.56 Å². The molecular formula is C16H15ClO5. The van der Waals surface area contributed by atoms with Crippen LogP contribution in [0.3, 0.4) is 0 Å². The first-order valence-corrected chi connectivity index (χ1v) is 6.94. The summed E-state index contributed by atoms with van der Waals surface area (Å²) in [5.74, 6) is -0.569. The van der Waals surface area contributed by atoms with Gasteiger partial charge in [-0.2, -0.15) is 0 Å². The number of hydrogen-bond acceptors (Lipinski definition) is 5. The average molecular weight is 323 g/mol. The summed E-state index contributed by atoms with van der Waals surface area (Å²) in [6.07, 6.45) is 0. The summed E-state index contributed by atoms with van der Waals surface area (Å²) in [5, 5.41) is 19.7. The Morgan fingerprint density at radius 1 is 1.14 bits per heavy atom. The van der Waals surface area contributed by atoms with Crippen LogP contribution in [0.25, 0.3) is 0 Å². The van der Waals surface area contributed by atoms with E-state index in [0.29, 0.717) is 10.8 Å². The summed E-state index contributed by atoms with van der Waals surface area (Å²) in [7, 11) is 0. The van der Waals surface area contributed by atoms with Crippen LogP contribution in [0.15, 0.2) is 36.4 Å². The number of aromatic hydroxyl groups is 2. The Hall–Kier alpha value is -2.40. The van der Waals surface area contributed by atoms with Crippen LogP contribution < -0.4 is 4.74 Å². The van der Waals surface area contributed by atoms with Gasteiger partial charge in [0.25, 0.3) is 0 Å². The quantitative estimate of drug-likeness (QED) is 0.652. The maximum Gasteiger partial charge on any atom is 0.342 e. The summed E-state index contributed by atoms with van der Waals surface area (Å²) in [4.78, 5) is 11.9. The molecule has 0 unspecified atom stereocenters. The molecule has 0 aliphatic carbocycles. The Kier molecular flexibility index (Phi) is 5.12. The highest BCUT2D eigenvalue weighted by Crippen LogP contribution is 2.29. The average Bonchev–Trinajstić information content (AvgIpc) is 2.50. The fourth-order valence-corrected chi connectivity index (χ4v) is 1.97. The number of benzene rings is 2. The van der Waals surface area contributed by atoms with E-state index >= 15 is 0 Å². The first kappa shape index (κ1) is 16.0. The van der Waals surface area contributed by atoms with Crippen LogP contribution in [0.2, 0.25) is 5.02 Å². The van der Waals surface area contributed by atoms with E-state index < -0.39 is 5.97 Å². The van der Waals surface area contributed by atoms with E-state index in [-0.39, 0.29) is 35.8 Å². The maximum absolute atomic E-state index is 11.9. The monoisotopic (exact) mass is 322 g/mol. The van der Waals surface area contributed by atoms with Crippen molar-refractivity contribution in [3.05, 3.63) is 52.5 Å². The molecule has 0 spiro atoms. The van der Waals surface area contributed by atoms with E-state index in [1.807, 2.05) is 0 Å². The zero-order chi connectivity index (χ0) is 16.1. The van der Waals surface area contributed by atoms with Crippen LogP contribution in [0.1, 0.15) is 15.9 Å². The summed E-state index contributed by atoms with van der Waals surface area (Å²) >= 11 is 5.93. The van der Waals surface area contributed by atoms with Crippen LogP contribution in [0.4, 0.5) is 0 Å². The molecule has 5 nitrogen and oxygen atoms in total. The smallest absolute Gasteiger partial charge is 0.342 e. The molecule has 0 amide bonds. The Balaban J connectivity index is 1.89. The van der Waals surface area contributed by atoms with Crippen molar-refractivity contribution in [2.24, 2.45) is 0 Å². The first-order valence-electron chi connectivity index (χ1n) is 6.56. The number of halogens is 1. The minimum atomic E-state index is -0.691. The van der Waals surface area contributed by atoms with Crippen molar-refractivity contribution < 1.29 is 24.5 Å². The number of hydrogen-bond donors (Lipinski definition) is 2. The Labute approximate surface area is 132 Å². The standard InChI is InChI=1S/C16H15ClO5/c1-10-13(18)7-6-11(15(10)19)16(20)22-9-8-21-14-5-3-2-4-12(14)17/h2-7,18-19H,8-9H2,1H3. The second-order valence-electron chi connectivity index (χ2n) is 4.52. The third kappa shape index (κ3) is 3.62. The Bertz CT molecular complexity index is 684. The van der Waals surface area contributed by atoms with Crippen LogP contribution in [-0.4, -0.2) is 29.4 Å². The van der Waals surface area contributed by atoms with E-state index in [4.69, 9.17) is 21.1 Å². The molecule has 6 heteroatoms. The molecule has 22 heavy (non-hydrogen) atoms. The van der Waals surface area contributed by atoms with Gasteiger partial charge >= 0.3 is 5.97 Å². The lowest BCUT2D eigenvalue weighted by Gasteiger charge is -2.10. The fourth-order valence-electron chi connectivity index (χ4n) is 1.78. The van der Waals surface area contributed by atoms with E-state index in [0.717, 1.165) is 0 Å². The predicted octanol–water partition coefficient (Wildman–Crippen LogP) is 3.30. The minimum absolute atomic E-state index is 0.00339. The van der Waals surface area contributed by atoms with Crippen LogP contribution in [0.5, 0.6) is 17.2 Å². The van der Waals surface area contributed by atoms with Gasteiger partial charge in [0.05, 0.1) is 5.02 Å². The van der Waals surface area contributed by atoms with Crippen molar-refractivity contribution in [3.63, 3.8) is 0 Å². The van der Waals surface area contributed by atoms with Crippen molar-refractivity contribution >= 4 is 17.6 Å². The molecule has 2 N–H and O–H groups in total. The number of rotatable bonds is 5. The molecule has 2 rings (SSSR count). The second kappa shape index (κ2) is 7.04.